The van der Waals surface area contributed by atoms with Crippen LogP contribution in [0.3, 0.4) is 0 Å². The number of hydrogen-bond donors (Lipinski definition) is 0. The monoisotopic (exact) mass is 752 g/mol. The van der Waals surface area contributed by atoms with E-state index in [0.29, 0.717) is 11.5 Å². The normalized spacial score (nSPS) is 11.7. The maximum atomic E-state index is 9.61. The van der Waals surface area contributed by atoms with E-state index in [1.54, 1.807) is 0 Å². The highest BCUT2D eigenvalue weighted by Crippen LogP contribution is 2.40. The van der Waals surface area contributed by atoms with E-state index in [1.807, 2.05) is 24.3 Å². The summed E-state index contributed by atoms with van der Waals surface area (Å²) in [5.74, 6) is 1.34. The van der Waals surface area contributed by atoms with Crippen LogP contribution in [0.5, 0.6) is 0 Å². The molecule has 0 aliphatic heterocycles. The number of aromatic nitrogens is 5. The number of para-hydroxylation sites is 6. The van der Waals surface area contributed by atoms with Crippen molar-refractivity contribution in [2.75, 3.05) is 0 Å². The summed E-state index contributed by atoms with van der Waals surface area (Å²) in [6.45, 7) is 0. The number of nitriles is 1. The first-order valence-corrected chi connectivity index (χ1v) is 19.7. The fraction of sp³-hybridized carbons (Fsp3) is 0. The van der Waals surface area contributed by atoms with E-state index >= 15 is 0 Å². The molecule has 0 saturated carbocycles. The van der Waals surface area contributed by atoms with Gasteiger partial charge in [-0.2, -0.15) is 10.2 Å². The standard InChI is InChI=1S/C53H32N6/c54-33-34-25-27-35(28-26-34)38-19-12-20-43-41-17-6-11-24-49(41)59(52(38)43)53-55-45(32-51(56-53)58-47-22-9-4-15-39(47)40-16-5-10-23-48(40)58)36-29-30-50-44(31-36)42-18-7-8-21-46(42)57(50)37-13-2-1-3-14-37/h1-32H. The Morgan fingerprint density at radius 1 is 0.390 bits per heavy atom. The van der Waals surface area contributed by atoms with Gasteiger partial charge in [0.15, 0.2) is 0 Å². The highest BCUT2D eigenvalue weighted by molar-refractivity contribution is 6.14. The lowest BCUT2D eigenvalue weighted by Gasteiger charge is -2.15. The maximum absolute atomic E-state index is 9.61. The molecule has 4 heterocycles. The molecule has 12 rings (SSSR count). The van der Waals surface area contributed by atoms with Crippen LogP contribution in [-0.4, -0.2) is 23.7 Å². The minimum Gasteiger partial charge on any atom is -0.309 e. The number of rotatable bonds is 5. The number of fused-ring (bicyclic) bond motifs is 9. The van der Waals surface area contributed by atoms with Crippen LogP contribution in [0.25, 0.3) is 105 Å². The molecule has 4 aromatic heterocycles. The van der Waals surface area contributed by atoms with Crippen molar-refractivity contribution in [3.63, 3.8) is 0 Å². The van der Waals surface area contributed by atoms with Gasteiger partial charge in [0.25, 0.3) is 0 Å². The van der Waals surface area contributed by atoms with Gasteiger partial charge < -0.3 is 4.57 Å². The van der Waals surface area contributed by atoms with Crippen LogP contribution in [0, 0.1) is 11.3 Å². The summed E-state index contributed by atoms with van der Waals surface area (Å²) in [4.78, 5) is 11.0. The van der Waals surface area contributed by atoms with Crippen molar-refractivity contribution in [1.29, 1.82) is 5.26 Å². The average Bonchev–Trinajstić information content (AvgIpc) is 3.95. The van der Waals surface area contributed by atoms with Crippen LogP contribution in [0.1, 0.15) is 5.56 Å². The molecule has 6 nitrogen and oxygen atoms in total. The van der Waals surface area contributed by atoms with Crippen molar-refractivity contribution < 1.29 is 0 Å². The van der Waals surface area contributed by atoms with E-state index < -0.39 is 0 Å². The molecule has 0 radical (unpaired) electrons. The van der Waals surface area contributed by atoms with Gasteiger partial charge in [0.05, 0.1) is 50.4 Å². The lowest BCUT2D eigenvalue weighted by Crippen LogP contribution is -2.07. The fourth-order valence-corrected chi connectivity index (χ4v) is 9.12. The first-order valence-electron chi connectivity index (χ1n) is 19.7. The Bertz CT molecular complexity index is 3620. The summed E-state index contributed by atoms with van der Waals surface area (Å²) < 4.78 is 6.83. The lowest BCUT2D eigenvalue weighted by atomic mass is 10.0. The fourth-order valence-electron chi connectivity index (χ4n) is 9.12. The Hall–Kier alpha value is -8.27. The summed E-state index contributed by atoms with van der Waals surface area (Å²) in [5, 5.41) is 16.5. The van der Waals surface area contributed by atoms with Gasteiger partial charge in [-0.3, -0.25) is 9.13 Å². The summed E-state index contributed by atoms with van der Waals surface area (Å²) in [7, 11) is 0. The molecule has 0 atom stereocenters. The largest absolute Gasteiger partial charge is 0.309 e. The molecule has 0 saturated heterocycles. The summed E-state index contributed by atoms with van der Waals surface area (Å²) in [5.41, 5.74) is 12.0. The van der Waals surface area contributed by atoms with Crippen molar-refractivity contribution in [3.8, 4) is 45.9 Å². The Morgan fingerprint density at radius 3 is 1.58 bits per heavy atom. The topological polar surface area (TPSA) is 64.4 Å². The molecule has 0 unspecified atom stereocenters. The van der Waals surface area contributed by atoms with Crippen LogP contribution >= 0.6 is 0 Å². The molecule has 12 aromatic rings. The van der Waals surface area contributed by atoms with Crippen molar-refractivity contribution in [1.82, 2.24) is 23.7 Å². The average molecular weight is 753 g/mol. The maximum Gasteiger partial charge on any atom is 0.237 e. The highest BCUT2D eigenvalue weighted by atomic mass is 15.2. The second-order valence-electron chi connectivity index (χ2n) is 14.9. The zero-order valence-corrected chi connectivity index (χ0v) is 31.7. The predicted octanol–water partition coefficient (Wildman–Crippen LogP) is 13.0. The third-order valence-electron chi connectivity index (χ3n) is 11.7. The van der Waals surface area contributed by atoms with E-state index in [-0.39, 0.29) is 0 Å². The van der Waals surface area contributed by atoms with Gasteiger partial charge in [-0.25, -0.2) is 4.98 Å². The smallest absolute Gasteiger partial charge is 0.237 e. The highest BCUT2D eigenvalue weighted by Gasteiger charge is 2.22. The second-order valence-corrected chi connectivity index (χ2v) is 14.9. The molecule has 0 aliphatic carbocycles. The van der Waals surface area contributed by atoms with Gasteiger partial charge in [0.1, 0.15) is 5.82 Å². The summed E-state index contributed by atoms with van der Waals surface area (Å²) in [6.07, 6.45) is 0. The number of hydrogen-bond acceptors (Lipinski definition) is 3. The van der Waals surface area contributed by atoms with E-state index in [2.05, 4.69) is 190 Å². The molecule has 6 heteroatoms. The molecule has 59 heavy (non-hydrogen) atoms. The first-order chi connectivity index (χ1) is 29.2. The Morgan fingerprint density at radius 2 is 0.915 bits per heavy atom. The van der Waals surface area contributed by atoms with Gasteiger partial charge in [-0.15, -0.1) is 0 Å². The van der Waals surface area contributed by atoms with Crippen molar-refractivity contribution >= 4 is 65.4 Å². The Labute approximate surface area is 338 Å². The predicted molar refractivity (Wildman–Crippen MR) is 241 cm³/mol. The van der Waals surface area contributed by atoms with Crippen molar-refractivity contribution in [3.05, 3.63) is 200 Å². The number of benzene rings is 8. The molecule has 0 bridgehead atoms. The Kier molecular flexibility index (Phi) is 7.19. The van der Waals surface area contributed by atoms with Crippen LogP contribution in [-0.2, 0) is 0 Å². The van der Waals surface area contributed by atoms with E-state index in [9.17, 15) is 5.26 Å². The molecule has 8 aromatic carbocycles. The molecular formula is C53H32N6. The lowest BCUT2D eigenvalue weighted by molar-refractivity contribution is 0.952. The second kappa shape index (κ2) is 12.9. The minimum atomic E-state index is 0.568. The van der Waals surface area contributed by atoms with E-state index in [1.165, 1.54) is 16.2 Å². The third-order valence-corrected chi connectivity index (χ3v) is 11.7. The Balaban J connectivity index is 1.18. The molecule has 0 N–H and O–H groups in total. The van der Waals surface area contributed by atoms with Gasteiger partial charge in [0, 0.05) is 55.2 Å². The first kappa shape index (κ1) is 32.9. The third kappa shape index (κ3) is 4.99. The summed E-state index contributed by atoms with van der Waals surface area (Å²) in [6, 6.07) is 70.1. The zero-order valence-electron chi connectivity index (χ0n) is 31.7. The van der Waals surface area contributed by atoms with Crippen LogP contribution in [0.4, 0.5) is 0 Å². The van der Waals surface area contributed by atoms with Crippen LogP contribution in [0.15, 0.2) is 194 Å². The van der Waals surface area contributed by atoms with Crippen LogP contribution < -0.4 is 0 Å². The minimum absolute atomic E-state index is 0.568. The quantitative estimate of drug-likeness (QED) is 0.176. The molecule has 0 spiro atoms. The zero-order chi connectivity index (χ0) is 39.0. The molecular weight excluding hydrogens is 721 g/mol. The van der Waals surface area contributed by atoms with Crippen LogP contribution in [0.2, 0.25) is 0 Å². The van der Waals surface area contributed by atoms with E-state index in [0.717, 1.165) is 83.1 Å². The van der Waals surface area contributed by atoms with Crippen molar-refractivity contribution in [2.45, 2.75) is 0 Å². The molecule has 0 amide bonds. The molecule has 274 valence electrons. The van der Waals surface area contributed by atoms with Gasteiger partial charge in [-0.05, 0) is 66.2 Å². The van der Waals surface area contributed by atoms with Crippen molar-refractivity contribution in [2.24, 2.45) is 0 Å². The SMILES string of the molecule is N#Cc1ccc(-c2cccc3c4ccccc4n(-c4nc(-c5ccc6c(c5)c5ccccc5n6-c5ccccc5)cc(-n5c6ccccc6c6ccccc65)n4)c23)cc1. The van der Waals surface area contributed by atoms with Gasteiger partial charge >= 0.3 is 0 Å². The molecule has 0 aliphatic rings. The molecule has 0 fully saturated rings. The van der Waals surface area contributed by atoms with E-state index in [4.69, 9.17) is 9.97 Å². The number of nitrogens with zero attached hydrogens (tertiary/aromatic N) is 6. The van der Waals surface area contributed by atoms with Gasteiger partial charge in [0.2, 0.25) is 5.95 Å². The summed E-state index contributed by atoms with van der Waals surface area (Å²) >= 11 is 0. The van der Waals surface area contributed by atoms with Gasteiger partial charge in [-0.1, -0.05) is 127 Å².